The number of hydrogen-bond acceptors (Lipinski definition) is 5. The van der Waals surface area contributed by atoms with Gasteiger partial charge in [0.25, 0.3) is 5.69 Å². The van der Waals surface area contributed by atoms with Crippen molar-refractivity contribution in [1.82, 2.24) is 0 Å². The molecule has 1 saturated heterocycles. The third-order valence-corrected chi connectivity index (χ3v) is 4.65. The molecule has 1 aliphatic heterocycles. The van der Waals surface area contributed by atoms with E-state index in [0.717, 1.165) is 24.2 Å². The quantitative estimate of drug-likeness (QED) is 0.439. The molecule has 2 aromatic rings. The van der Waals surface area contributed by atoms with Crippen LogP contribution in [0.25, 0.3) is 0 Å². The van der Waals surface area contributed by atoms with Gasteiger partial charge in [0.2, 0.25) is 0 Å². The van der Waals surface area contributed by atoms with E-state index in [4.69, 9.17) is 4.84 Å². The third kappa shape index (κ3) is 4.20. The minimum absolute atomic E-state index is 0.0547. The summed E-state index contributed by atoms with van der Waals surface area (Å²) >= 11 is 0. The van der Waals surface area contributed by atoms with Gasteiger partial charge in [-0.3, -0.25) is 10.1 Å². The second kappa shape index (κ2) is 7.99. The maximum atomic E-state index is 10.8. The van der Waals surface area contributed by atoms with E-state index in [2.05, 4.69) is 36.0 Å². The zero-order chi connectivity index (χ0) is 18.5. The van der Waals surface area contributed by atoms with E-state index in [-0.39, 0.29) is 12.3 Å². The van der Waals surface area contributed by atoms with E-state index in [1.54, 1.807) is 18.3 Å². The maximum absolute atomic E-state index is 10.8. The van der Waals surface area contributed by atoms with Crippen LogP contribution in [-0.2, 0) is 11.4 Å². The molecule has 6 heteroatoms. The van der Waals surface area contributed by atoms with E-state index in [0.29, 0.717) is 5.56 Å². The fourth-order valence-corrected chi connectivity index (χ4v) is 3.23. The summed E-state index contributed by atoms with van der Waals surface area (Å²) in [5.74, 6) is 0. The molecule has 1 heterocycles. The highest BCUT2D eigenvalue weighted by molar-refractivity contribution is 5.83. The molecule has 0 aromatic heterocycles. The van der Waals surface area contributed by atoms with Gasteiger partial charge in [0, 0.05) is 30.9 Å². The number of nitro benzene ring substituents is 1. The number of benzene rings is 2. The molecule has 0 saturated carbocycles. The van der Waals surface area contributed by atoms with Crippen molar-refractivity contribution in [2.45, 2.75) is 33.3 Å². The summed E-state index contributed by atoms with van der Waals surface area (Å²) in [6, 6.07) is 10.7. The number of rotatable bonds is 6. The van der Waals surface area contributed by atoms with Gasteiger partial charge >= 0.3 is 0 Å². The zero-order valence-corrected chi connectivity index (χ0v) is 15.1. The highest BCUT2D eigenvalue weighted by Gasteiger charge is 2.15. The van der Waals surface area contributed by atoms with E-state index in [1.165, 1.54) is 36.2 Å². The highest BCUT2D eigenvalue weighted by atomic mass is 16.6. The van der Waals surface area contributed by atoms with Gasteiger partial charge in [-0.15, -0.1) is 0 Å². The summed E-state index contributed by atoms with van der Waals surface area (Å²) < 4.78 is 0. The Labute approximate surface area is 153 Å². The number of non-ortho nitro benzene ring substituents is 1. The molecule has 136 valence electrons. The van der Waals surface area contributed by atoms with Crippen molar-refractivity contribution in [3.63, 3.8) is 0 Å². The largest absolute Gasteiger partial charge is 0.391 e. The SMILES string of the molecule is Cc1cc(N2CCCC2)c(C)cc1/C=N\OCc1cccc([N+](=O)[O-])c1. The molecule has 0 unspecified atom stereocenters. The molecule has 0 spiro atoms. The monoisotopic (exact) mass is 353 g/mol. The van der Waals surface area contributed by atoms with Gasteiger partial charge in [-0.25, -0.2) is 0 Å². The fraction of sp³-hybridized carbons (Fsp3) is 0.350. The Morgan fingerprint density at radius 2 is 1.96 bits per heavy atom. The molecule has 26 heavy (non-hydrogen) atoms. The predicted molar refractivity (Wildman–Crippen MR) is 103 cm³/mol. The zero-order valence-electron chi connectivity index (χ0n) is 15.1. The number of oxime groups is 1. The topological polar surface area (TPSA) is 68.0 Å². The smallest absolute Gasteiger partial charge is 0.269 e. The molecule has 0 aliphatic carbocycles. The van der Waals surface area contributed by atoms with Gasteiger partial charge in [0.05, 0.1) is 11.1 Å². The van der Waals surface area contributed by atoms with Gasteiger partial charge in [0.15, 0.2) is 0 Å². The van der Waals surface area contributed by atoms with E-state index >= 15 is 0 Å². The summed E-state index contributed by atoms with van der Waals surface area (Å²) in [4.78, 5) is 18.1. The van der Waals surface area contributed by atoms with Crippen LogP contribution in [0.4, 0.5) is 11.4 Å². The van der Waals surface area contributed by atoms with E-state index < -0.39 is 4.92 Å². The van der Waals surface area contributed by atoms with E-state index in [9.17, 15) is 10.1 Å². The molecule has 1 fully saturated rings. The van der Waals surface area contributed by atoms with Crippen molar-refractivity contribution >= 4 is 17.6 Å². The highest BCUT2D eigenvalue weighted by Crippen LogP contribution is 2.27. The lowest BCUT2D eigenvalue weighted by Gasteiger charge is -2.21. The molecular weight excluding hydrogens is 330 g/mol. The van der Waals surface area contributed by atoms with Gasteiger partial charge in [-0.1, -0.05) is 17.3 Å². The van der Waals surface area contributed by atoms with Crippen molar-refractivity contribution in [2.75, 3.05) is 18.0 Å². The first-order valence-corrected chi connectivity index (χ1v) is 8.79. The Morgan fingerprint density at radius 3 is 2.69 bits per heavy atom. The van der Waals surface area contributed by atoms with E-state index in [1.807, 2.05) is 0 Å². The van der Waals surface area contributed by atoms with Crippen molar-refractivity contribution in [3.05, 3.63) is 68.8 Å². The van der Waals surface area contributed by atoms with Crippen LogP contribution in [0.2, 0.25) is 0 Å². The molecule has 0 N–H and O–H groups in total. The predicted octanol–water partition coefficient (Wildman–Crippen LogP) is 4.36. The van der Waals surface area contributed by atoms with Gasteiger partial charge in [-0.05, 0) is 61.1 Å². The summed E-state index contributed by atoms with van der Waals surface area (Å²) in [7, 11) is 0. The van der Waals surface area contributed by atoms with Crippen molar-refractivity contribution in [2.24, 2.45) is 5.16 Å². The number of hydrogen-bond donors (Lipinski definition) is 0. The minimum Gasteiger partial charge on any atom is -0.391 e. The number of anilines is 1. The van der Waals surface area contributed by atoms with Crippen LogP contribution in [0.3, 0.4) is 0 Å². The Hall–Kier alpha value is -2.89. The van der Waals surface area contributed by atoms with Crippen molar-refractivity contribution in [3.8, 4) is 0 Å². The van der Waals surface area contributed by atoms with Crippen LogP contribution in [0.1, 0.15) is 35.1 Å². The van der Waals surface area contributed by atoms with Crippen LogP contribution in [-0.4, -0.2) is 24.2 Å². The number of nitrogens with zero attached hydrogens (tertiary/aromatic N) is 3. The van der Waals surface area contributed by atoms with Crippen molar-refractivity contribution in [1.29, 1.82) is 0 Å². The molecule has 0 atom stereocenters. The Bertz CT molecular complexity index is 827. The van der Waals surface area contributed by atoms with Gasteiger partial charge in [0.1, 0.15) is 6.61 Å². The Balaban J connectivity index is 1.64. The lowest BCUT2D eigenvalue weighted by molar-refractivity contribution is -0.384. The first-order chi connectivity index (χ1) is 12.5. The van der Waals surface area contributed by atoms with Gasteiger partial charge in [-0.2, -0.15) is 0 Å². The lowest BCUT2D eigenvalue weighted by atomic mass is 10.0. The average molecular weight is 353 g/mol. The lowest BCUT2D eigenvalue weighted by Crippen LogP contribution is -2.19. The van der Waals surface area contributed by atoms with Crippen LogP contribution < -0.4 is 4.90 Å². The van der Waals surface area contributed by atoms with Crippen molar-refractivity contribution < 1.29 is 9.76 Å². The summed E-state index contributed by atoms with van der Waals surface area (Å²) in [6.45, 7) is 6.64. The molecule has 6 nitrogen and oxygen atoms in total. The first kappa shape index (κ1) is 17.9. The normalized spacial score (nSPS) is 14.2. The molecule has 2 aromatic carbocycles. The Morgan fingerprint density at radius 1 is 1.19 bits per heavy atom. The number of nitro groups is 1. The second-order valence-electron chi connectivity index (χ2n) is 6.62. The molecule has 0 bridgehead atoms. The Kier molecular flexibility index (Phi) is 5.51. The van der Waals surface area contributed by atoms with Crippen LogP contribution in [0, 0.1) is 24.0 Å². The van der Waals surface area contributed by atoms with Gasteiger partial charge < -0.3 is 9.74 Å². The van der Waals surface area contributed by atoms with Crippen LogP contribution in [0.15, 0.2) is 41.6 Å². The molecule has 0 amide bonds. The fourth-order valence-electron chi connectivity index (χ4n) is 3.23. The second-order valence-corrected chi connectivity index (χ2v) is 6.62. The summed E-state index contributed by atoms with van der Waals surface area (Å²) in [5, 5.41) is 14.8. The summed E-state index contributed by atoms with van der Waals surface area (Å²) in [6.07, 6.45) is 4.22. The maximum Gasteiger partial charge on any atom is 0.269 e. The molecule has 0 radical (unpaired) electrons. The third-order valence-electron chi connectivity index (χ3n) is 4.65. The molecule has 3 rings (SSSR count). The summed E-state index contributed by atoms with van der Waals surface area (Å²) in [5.41, 5.74) is 5.48. The molecule has 1 aliphatic rings. The molecular formula is C20H23N3O3. The van der Waals surface area contributed by atoms with Crippen LogP contribution in [0.5, 0.6) is 0 Å². The number of aryl methyl sites for hydroxylation is 2. The minimum atomic E-state index is -0.416. The first-order valence-electron chi connectivity index (χ1n) is 8.79. The standard InChI is InChI=1S/C20H23N3O3/c1-15-11-20(22-8-3-4-9-22)16(2)10-18(15)13-21-26-14-17-6-5-7-19(12-17)23(24)25/h5-7,10-13H,3-4,8-9,14H2,1-2H3/b21-13-. The van der Waals surface area contributed by atoms with Crippen LogP contribution >= 0.6 is 0 Å². The average Bonchev–Trinajstić information content (AvgIpc) is 3.15.